The Balaban J connectivity index is 1.81. The molecule has 8 nitrogen and oxygen atoms in total. The number of rotatable bonds is 8. The standard InChI is InChI=1S/C23H24F2N4O4S/c1-3-34(31,32)28-23-26-11-20(33-19-8-7-17(24)10-18(19)25)21(27-23)16-9-14(2)22(30)29(13-16)12-15-5-4-6-15/h7-11,13,15H,3-6,12H2,1-2H3,(H,26,27,28). The minimum absolute atomic E-state index is 0.0122. The highest BCUT2D eigenvalue weighted by Crippen LogP contribution is 2.34. The van der Waals surface area contributed by atoms with E-state index in [1.54, 1.807) is 23.8 Å². The third kappa shape index (κ3) is 5.24. The summed E-state index contributed by atoms with van der Waals surface area (Å²) < 4.78 is 61.2. The van der Waals surface area contributed by atoms with Gasteiger partial charge in [0.15, 0.2) is 17.3 Å². The lowest BCUT2D eigenvalue weighted by Gasteiger charge is -2.26. The zero-order chi connectivity index (χ0) is 24.5. The summed E-state index contributed by atoms with van der Waals surface area (Å²) in [6.45, 7) is 3.69. The number of halogens is 2. The molecule has 1 saturated carbocycles. The maximum Gasteiger partial charge on any atom is 0.253 e. The van der Waals surface area contributed by atoms with E-state index in [1.165, 1.54) is 13.1 Å². The van der Waals surface area contributed by atoms with Crippen LogP contribution in [0.5, 0.6) is 11.5 Å². The van der Waals surface area contributed by atoms with Crippen LogP contribution in [0.25, 0.3) is 11.3 Å². The second kappa shape index (κ2) is 9.49. The molecule has 0 unspecified atom stereocenters. The Morgan fingerprint density at radius 2 is 1.97 bits per heavy atom. The van der Waals surface area contributed by atoms with Gasteiger partial charge in [-0.15, -0.1) is 0 Å². The summed E-state index contributed by atoms with van der Waals surface area (Å²) in [5, 5.41) is 0. The van der Waals surface area contributed by atoms with E-state index in [1.807, 2.05) is 0 Å². The van der Waals surface area contributed by atoms with Crippen LogP contribution in [0.15, 0.2) is 41.5 Å². The molecule has 4 rings (SSSR count). The van der Waals surface area contributed by atoms with Crippen LogP contribution in [0.1, 0.15) is 31.7 Å². The molecule has 180 valence electrons. The number of sulfonamides is 1. The fourth-order valence-corrected chi connectivity index (χ4v) is 4.11. The van der Waals surface area contributed by atoms with Crippen LogP contribution in [0.2, 0.25) is 0 Å². The minimum Gasteiger partial charge on any atom is -0.450 e. The van der Waals surface area contributed by atoms with Gasteiger partial charge in [-0.2, -0.15) is 0 Å². The number of nitrogens with zero attached hydrogens (tertiary/aromatic N) is 3. The van der Waals surface area contributed by atoms with Crippen molar-refractivity contribution in [2.45, 2.75) is 39.7 Å². The third-order valence-corrected chi connectivity index (χ3v) is 6.97. The molecule has 0 radical (unpaired) electrons. The molecule has 1 aliphatic carbocycles. The normalized spacial score (nSPS) is 14.0. The molecule has 1 aromatic carbocycles. The highest BCUT2D eigenvalue weighted by molar-refractivity contribution is 7.92. The molecule has 3 aromatic rings. The van der Waals surface area contributed by atoms with Gasteiger partial charge in [0.1, 0.15) is 11.5 Å². The van der Waals surface area contributed by atoms with Crippen LogP contribution in [-0.2, 0) is 16.6 Å². The van der Waals surface area contributed by atoms with Crippen molar-refractivity contribution in [2.24, 2.45) is 5.92 Å². The maximum atomic E-state index is 14.2. The van der Waals surface area contributed by atoms with Gasteiger partial charge in [0.2, 0.25) is 16.0 Å². The number of hydrogen-bond acceptors (Lipinski definition) is 6. The smallest absolute Gasteiger partial charge is 0.253 e. The molecule has 0 aliphatic heterocycles. The first-order chi connectivity index (χ1) is 16.1. The number of ether oxygens (including phenoxy) is 1. The first kappa shape index (κ1) is 23.8. The average Bonchev–Trinajstić information content (AvgIpc) is 2.76. The van der Waals surface area contributed by atoms with E-state index in [4.69, 9.17) is 4.74 Å². The second-order valence-corrected chi connectivity index (χ2v) is 10.3. The van der Waals surface area contributed by atoms with Gasteiger partial charge in [-0.25, -0.2) is 27.2 Å². The first-order valence-corrected chi connectivity index (χ1v) is 12.5. The maximum absolute atomic E-state index is 14.2. The van der Waals surface area contributed by atoms with Crippen molar-refractivity contribution in [3.05, 3.63) is 64.2 Å². The van der Waals surface area contributed by atoms with Gasteiger partial charge in [0.05, 0.1) is 11.9 Å². The molecule has 0 spiro atoms. The number of aryl methyl sites for hydroxylation is 1. The molecule has 1 N–H and O–H groups in total. The fourth-order valence-electron chi connectivity index (χ4n) is 3.59. The molecule has 0 amide bonds. The lowest BCUT2D eigenvalue weighted by molar-refractivity contribution is 0.273. The third-order valence-electron chi connectivity index (χ3n) is 5.71. The summed E-state index contributed by atoms with van der Waals surface area (Å²) in [6, 6.07) is 4.47. The van der Waals surface area contributed by atoms with Gasteiger partial charge in [-0.3, -0.25) is 9.52 Å². The Hall–Kier alpha value is -3.34. The average molecular weight is 491 g/mol. The Kier molecular flexibility index (Phi) is 6.65. The lowest BCUT2D eigenvalue weighted by Crippen LogP contribution is -2.28. The summed E-state index contributed by atoms with van der Waals surface area (Å²) in [5.74, 6) is -1.90. The van der Waals surface area contributed by atoms with E-state index < -0.39 is 21.7 Å². The Morgan fingerprint density at radius 3 is 2.62 bits per heavy atom. The molecule has 34 heavy (non-hydrogen) atoms. The monoisotopic (exact) mass is 490 g/mol. The van der Waals surface area contributed by atoms with Gasteiger partial charge >= 0.3 is 0 Å². The molecule has 1 aliphatic rings. The molecule has 1 fully saturated rings. The predicted octanol–water partition coefficient (Wildman–Crippen LogP) is 4.25. The quantitative estimate of drug-likeness (QED) is 0.507. The van der Waals surface area contributed by atoms with Gasteiger partial charge in [-0.1, -0.05) is 6.42 Å². The first-order valence-electron chi connectivity index (χ1n) is 10.9. The van der Waals surface area contributed by atoms with Crippen LogP contribution in [0, 0.1) is 24.5 Å². The molecule has 11 heteroatoms. The van der Waals surface area contributed by atoms with Gasteiger partial charge in [0.25, 0.3) is 5.56 Å². The van der Waals surface area contributed by atoms with Crippen molar-refractivity contribution in [2.75, 3.05) is 10.5 Å². The SMILES string of the molecule is CCS(=O)(=O)Nc1ncc(Oc2ccc(F)cc2F)c(-c2cc(C)c(=O)n(CC3CCC3)c2)n1. The molecular weight excluding hydrogens is 466 g/mol. The molecule has 0 saturated heterocycles. The van der Waals surface area contributed by atoms with Crippen LogP contribution >= 0.6 is 0 Å². The van der Waals surface area contributed by atoms with Crippen LogP contribution in [-0.4, -0.2) is 28.7 Å². The minimum atomic E-state index is -3.66. The highest BCUT2D eigenvalue weighted by Gasteiger charge is 2.21. The predicted molar refractivity (Wildman–Crippen MR) is 123 cm³/mol. The van der Waals surface area contributed by atoms with Crippen LogP contribution < -0.4 is 15.0 Å². The lowest BCUT2D eigenvalue weighted by atomic mass is 9.85. The fraction of sp³-hybridized carbons (Fsp3) is 0.348. The number of anilines is 1. The van der Waals surface area contributed by atoms with E-state index in [-0.39, 0.29) is 34.5 Å². The number of benzene rings is 1. The van der Waals surface area contributed by atoms with Gasteiger partial charge in [0, 0.05) is 29.9 Å². The summed E-state index contributed by atoms with van der Waals surface area (Å²) in [6.07, 6.45) is 6.05. The molecule has 0 bridgehead atoms. The van der Waals surface area contributed by atoms with Crippen molar-refractivity contribution in [1.29, 1.82) is 0 Å². The molecular formula is C23H24F2N4O4S. The van der Waals surface area contributed by atoms with E-state index in [2.05, 4.69) is 14.7 Å². The largest absolute Gasteiger partial charge is 0.450 e. The summed E-state index contributed by atoms with van der Waals surface area (Å²) in [7, 11) is -3.66. The second-order valence-electron chi connectivity index (χ2n) is 8.25. The topological polar surface area (TPSA) is 103 Å². The Morgan fingerprint density at radius 1 is 1.21 bits per heavy atom. The molecule has 2 heterocycles. The van der Waals surface area contributed by atoms with Crippen molar-refractivity contribution in [3.63, 3.8) is 0 Å². The zero-order valence-corrected chi connectivity index (χ0v) is 19.5. The van der Waals surface area contributed by atoms with Crippen molar-refractivity contribution in [1.82, 2.24) is 14.5 Å². The number of aromatic nitrogens is 3. The van der Waals surface area contributed by atoms with Crippen molar-refractivity contribution < 1.29 is 21.9 Å². The number of nitrogens with one attached hydrogen (secondary N) is 1. The number of pyridine rings is 1. The van der Waals surface area contributed by atoms with E-state index in [9.17, 15) is 22.0 Å². The Bertz CT molecular complexity index is 1390. The van der Waals surface area contributed by atoms with E-state index in [0.29, 0.717) is 29.7 Å². The Labute approximate surface area is 195 Å². The van der Waals surface area contributed by atoms with E-state index >= 15 is 0 Å². The van der Waals surface area contributed by atoms with Crippen LogP contribution in [0.3, 0.4) is 0 Å². The van der Waals surface area contributed by atoms with Gasteiger partial charge < -0.3 is 9.30 Å². The van der Waals surface area contributed by atoms with Crippen molar-refractivity contribution >= 4 is 16.0 Å². The highest BCUT2D eigenvalue weighted by atomic mass is 32.2. The summed E-state index contributed by atoms with van der Waals surface area (Å²) in [4.78, 5) is 21.0. The zero-order valence-electron chi connectivity index (χ0n) is 18.7. The van der Waals surface area contributed by atoms with Crippen LogP contribution in [0.4, 0.5) is 14.7 Å². The summed E-state index contributed by atoms with van der Waals surface area (Å²) >= 11 is 0. The van der Waals surface area contributed by atoms with Crippen molar-refractivity contribution in [3.8, 4) is 22.8 Å². The summed E-state index contributed by atoms with van der Waals surface area (Å²) in [5.41, 5.74) is 0.944. The van der Waals surface area contributed by atoms with E-state index in [0.717, 1.165) is 31.4 Å². The number of hydrogen-bond donors (Lipinski definition) is 1. The molecule has 2 aromatic heterocycles. The van der Waals surface area contributed by atoms with Gasteiger partial charge in [-0.05, 0) is 50.8 Å². The molecule has 0 atom stereocenters.